The second-order valence-corrected chi connectivity index (χ2v) is 3.76. The minimum Gasteiger partial charge on any atom is -0.324 e. The van der Waals surface area contributed by atoms with Crippen molar-refractivity contribution in [2.75, 3.05) is 0 Å². The number of nitrogens with two attached hydrogens (primary N) is 1. The third kappa shape index (κ3) is 2.23. The fraction of sp³-hybridized carbons (Fsp3) is 0.400. The van der Waals surface area contributed by atoms with Gasteiger partial charge in [-0.05, 0) is 23.6 Å². The standard InChI is InChI=1S/C10H14ClN/c1-7(2)10(12)8-3-5-9(11)6-4-8/h3-7,10H,12H2,1-2H3/t10-/m0/s1. The Morgan fingerprint density at radius 2 is 1.67 bits per heavy atom. The molecule has 1 atom stereocenters. The van der Waals surface area contributed by atoms with E-state index in [1.165, 1.54) is 0 Å². The summed E-state index contributed by atoms with van der Waals surface area (Å²) in [6.07, 6.45) is 0. The summed E-state index contributed by atoms with van der Waals surface area (Å²) in [6, 6.07) is 7.82. The van der Waals surface area contributed by atoms with Crippen LogP contribution in [0.5, 0.6) is 0 Å². The monoisotopic (exact) mass is 183 g/mol. The van der Waals surface area contributed by atoms with E-state index in [1.54, 1.807) is 0 Å². The Morgan fingerprint density at radius 3 is 2.08 bits per heavy atom. The van der Waals surface area contributed by atoms with E-state index in [1.807, 2.05) is 24.3 Å². The lowest BCUT2D eigenvalue weighted by atomic mass is 9.97. The van der Waals surface area contributed by atoms with Gasteiger partial charge in [0.05, 0.1) is 0 Å². The van der Waals surface area contributed by atoms with Crippen molar-refractivity contribution in [1.82, 2.24) is 0 Å². The second kappa shape index (κ2) is 3.92. The van der Waals surface area contributed by atoms with Crippen molar-refractivity contribution in [1.29, 1.82) is 0 Å². The van der Waals surface area contributed by atoms with Crippen molar-refractivity contribution >= 4 is 11.6 Å². The molecule has 1 nitrogen and oxygen atoms in total. The van der Waals surface area contributed by atoms with Crippen LogP contribution in [-0.2, 0) is 0 Å². The molecule has 0 spiro atoms. The molecule has 1 aromatic rings. The Hall–Kier alpha value is -0.530. The summed E-state index contributed by atoms with van der Waals surface area (Å²) in [5.41, 5.74) is 7.09. The zero-order valence-electron chi connectivity index (χ0n) is 7.42. The summed E-state index contributed by atoms with van der Waals surface area (Å²) in [5.74, 6) is 0.464. The van der Waals surface area contributed by atoms with Crippen molar-refractivity contribution in [3.8, 4) is 0 Å². The van der Waals surface area contributed by atoms with Crippen LogP contribution < -0.4 is 5.73 Å². The predicted octanol–water partition coefficient (Wildman–Crippen LogP) is 3.00. The van der Waals surface area contributed by atoms with Crippen LogP contribution >= 0.6 is 11.6 Å². The van der Waals surface area contributed by atoms with Crippen molar-refractivity contribution in [3.05, 3.63) is 34.9 Å². The highest BCUT2D eigenvalue weighted by molar-refractivity contribution is 6.30. The molecule has 0 fully saturated rings. The normalized spacial score (nSPS) is 13.4. The first-order chi connectivity index (χ1) is 5.61. The summed E-state index contributed by atoms with van der Waals surface area (Å²) in [7, 11) is 0. The Morgan fingerprint density at radius 1 is 1.17 bits per heavy atom. The van der Waals surface area contributed by atoms with E-state index >= 15 is 0 Å². The van der Waals surface area contributed by atoms with Crippen LogP contribution in [0.25, 0.3) is 0 Å². The maximum absolute atomic E-state index is 5.94. The number of benzene rings is 1. The largest absolute Gasteiger partial charge is 0.324 e. The average molecular weight is 184 g/mol. The number of hydrogen-bond acceptors (Lipinski definition) is 1. The molecule has 2 N–H and O–H groups in total. The van der Waals surface area contributed by atoms with E-state index in [4.69, 9.17) is 17.3 Å². The Labute approximate surface area is 78.5 Å². The summed E-state index contributed by atoms with van der Waals surface area (Å²) in [4.78, 5) is 0. The van der Waals surface area contributed by atoms with Crippen LogP contribution in [0, 0.1) is 5.92 Å². The van der Waals surface area contributed by atoms with Crippen LogP contribution in [0.15, 0.2) is 24.3 Å². The highest BCUT2D eigenvalue weighted by Crippen LogP contribution is 2.20. The molecule has 0 aromatic heterocycles. The summed E-state index contributed by atoms with van der Waals surface area (Å²) >= 11 is 5.76. The maximum atomic E-state index is 5.94. The van der Waals surface area contributed by atoms with Gasteiger partial charge in [-0.3, -0.25) is 0 Å². The maximum Gasteiger partial charge on any atom is 0.0406 e. The molecule has 0 bridgehead atoms. The minimum atomic E-state index is 0.113. The van der Waals surface area contributed by atoms with E-state index in [0.29, 0.717) is 5.92 Å². The number of halogens is 1. The Bertz CT molecular complexity index is 241. The molecular weight excluding hydrogens is 170 g/mol. The van der Waals surface area contributed by atoms with Gasteiger partial charge in [-0.15, -0.1) is 0 Å². The minimum absolute atomic E-state index is 0.113. The summed E-state index contributed by atoms with van der Waals surface area (Å²) < 4.78 is 0. The van der Waals surface area contributed by atoms with Gasteiger partial charge in [0.15, 0.2) is 0 Å². The molecule has 0 amide bonds. The molecule has 1 rings (SSSR count). The van der Waals surface area contributed by atoms with Crippen molar-refractivity contribution in [3.63, 3.8) is 0 Å². The Balaban J connectivity index is 2.82. The highest BCUT2D eigenvalue weighted by Gasteiger charge is 2.09. The molecule has 0 heterocycles. The lowest BCUT2D eigenvalue weighted by Gasteiger charge is -2.15. The van der Waals surface area contributed by atoms with Crippen LogP contribution in [0.4, 0.5) is 0 Å². The molecule has 12 heavy (non-hydrogen) atoms. The van der Waals surface area contributed by atoms with Gasteiger partial charge in [0.1, 0.15) is 0 Å². The molecule has 1 aromatic carbocycles. The SMILES string of the molecule is CC(C)[C@H](N)c1ccc(Cl)cc1. The van der Waals surface area contributed by atoms with Gasteiger partial charge in [0, 0.05) is 11.1 Å². The molecule has 2 heteroatoms. The lowest BCUT2D eigenvalue weighted by molar-refractivity contribution is 0.514. The average Bonchev–Trinajstić information content (AvgIpc) is 2.04. The van der Waals surface area contributed by atoms with E-state index in [9.17, 15) is 0 Å². The summed E-state index contributed by atoms with van der Waals surface area (Å²) in [6.45, 7) is 4.22. The van der Waals surface area contributed by atoms with E-state index in [-0.39, 0.29) is 6.04 Å². The molecule has 0 unspecified atom stereocenters. The molecule has 66 valence electrons. The first-order valence-electron chi connectivity index (χ1n) is 4.12. The molecule has 0 aliphatic heterocycles. The van der Waals surface area contributed by atoms with Gasteiger partial charge in [-0.25, -0.2) is 0 Å². The fourth-order valence-electron chi connectivity index (χ4n) is 1.07. The third-order valence-corrected chi connectivity index (χ3v) is 2.23. The van der Waals surface area contributed by atoms with Crippen molar-refractivity contribution in [2.24, 2.45) is 11.7 Å². The molecule has 0 radical (unpaired) electrons. The van der Waals surface area contributed by atoms with Gasteiger partial charge < -0.3 is 5.73 Å². The smallest absolute Gasteiger partial charge is 0.0406 e. The summed E-state index contributed by atoms with van der Waals surface area (Å²) in [5, 5.41) is 0.759. The zero-order chi connectivity index (χ0) is 9.14. The predicted molar refractivity (Wildman–Crippen MR) is 53.2 cm³/mol. The van der Waals surface area contributed by atoms with Gasteiger partial charge in [-0.2, -0.15) is 0 Å². The van der Waals surface area contributed by atoms with Gasteiger partial charge in [0.2, 0.25) is 0 Å². The number of rotatable bonds is 2. The lowest BCUT2D eigenvalue weighted by Crippen LogP contribution is -2.16. The zero-order valence-corrected chi connectivity index (χ0v) is 8.18. The highest BCUT2D eigenvalue weighted by atomic mass is 35.5. The van der Waals surface area contributed by atoms with Crippen molar-refractivity contribution < 1.29 is 0 Å². The van der Waals surface area contributed by atoms with Gasteiger partial charge >= 0.3 is 0 Å². The molecule has 0 aliphatic rings. The first-order valence-corrected chi connectivity index (χ1v) is 4.50. The van der Waals surface area contributed by atoms with Gasteiger partial charge in [0.25, 0.3) is 0 Å². The van der Waals surface area contributed by atoms with Crippen LogP contribution in [0.2, 0.25) is 5.02 Å². The third-order valence-electron chi connectivity index (χ3n) is 1.97. The van der Waals surface area contributed by atoms with Crippen LogP contribution in [-0.4, -0.2) is 0 Å². The number of hydrogen-bond donors (Lipinski definition) is 1. The topological polar surface area (TPSA) is 26.0 Å². The molecule has 0 saturated carbocycles. The van der Waals surface area contributed by atoms with E-state index in [2.05, 4.69) is 13.8 Å². The van der Waals surface area contributed by atoms with Crippen LogP contribution in [0.1, 0.15) is 25.5 Å². The van der Waals surface area contributed by atoms with E-state index < -0.39 is 0 Å². The van der Waals surface area contributed by atoms with Crippen molar-refractivity contribution in [2.45, 2.75) is 19.9 Å². The van der Waals surface area contributed by atoms with E-state index in [0.717, 1.165) is 10.6 Å². The molecular formula is C10H14ClN. The first kappa shape index (κ1) is 9.56. The van der Waals surface area contributed by atoms with Crippen LogP contribution in [0.3, 0.4) is 0 Å². The Kier molecular flexibility index (Phi) is 3.12. The quantitative estimate of drug-likeness (QED) is 0.750. The molecule has 0 saturated heterocycles. The van der Waals surface area contributed by atoms with Gasteiger partial charge in [-0.1, -0.05) is 37.6 Å². The molecule has 0 aliphatic carbocycles. The fourth-order valence-corrected chi connectivity index (χ4v) is 1.20. The second-order valence-electron chi connectivity index (χ2n) is 3.32.